The van der Waals surface area contributed by atoms with Gasteiger partial charge in [0.15, 0.2) is 5.17 Å². The highest BCUT2D eigenvalue weighted by atomic mass is 32.2. The molecule has 140 valence electrons. The molecule has 0 spiro atoms. The van der Waals surface area contributed by atoms with Crippen molar-refractivity contribution in [3.8, 4) is 5.75 Å². The van der Waals surface area contributed by atoms with E-state index in [0.29, 0.717) is 11.7 Å². The highest BCUT2D eigenvalue weighted by molar-refractivity contribution is 8.15. The van der Waals surface area contributed by atoms with Gasteiger partial charge in [0.1, 0.15) is 5.75 Å². The van der Waals surface area contributed by atoms with Gasteiger partial charge in [-0.25, -0.2) is 0 Å². The maximum Gasteiger partial charge on any atom is 0.242 e. The van der Waals surface area contributed by atoms with E-state index >= 15 is 0 Å². The van der Waals surface area contributed by atoms with Crippen LogP contribution in [0.2, 0.25) is 0 Å². The van der Waals surface area contributed by atoms with Crippen LogP contribution in [0.4, 0.5) is 0 Å². The molecule has 27 heavy (non-hydrogen) atoms. The molecule has 5 nitrogen and oxygen atoms in total. The number of methoxy groups -OCH3 is 1. The van der Waals surface area contributed by atoms with E-state index in [1.54, 1.807) is 18.2 Å². The van der Waals surface area contributed by atoms with Gasteiger partial charge in [0, 0.05) is 0 Å². The first kappa shape index (κ1) is 19.2. The van der Waals surface area contributed by atoms with Crippen molar-refractivity contribution in [2.75, 3.05) is 7.11 Å². The van der Waals surface area contributed by atoms with Crippen molar-refractivity contribution in [3.63, 3.8) is 0 Å². The number of hydrogen-bond acceptors (Lipinski definition) is 5. The molecule has 0 aromatic heterocycles. The SMILES string of the molecule is COc1ccc(CN2C(=O)[C@H](C)S/C2=N\N=C/c2ccc(C)cc2C)cc1. The Morgan fingerprint density at radius 1 is 1.19 bits per heavy atom. The van der Waals surface area contributed by atoms with Gasteiger partial charge >= 0.3 is 0 Å². The van der Waals surface area contributed by atoms with Crippen molar-refractivity contribution < 1.29 is 9.53 Å². The van der Waals surface area contributed by atoms with E-state index in [-0.39, 0.29) is 11.2 Å². The molecular weight excluding hydrogens is 358 g/mol. The fraction of sp³-hybridized carbons (Fsp3) is 0.286. The van der Waals surface area contributed by atoms with Crippen LogP contribution >= 0.6 is 11.8 Å². The molecule has 1 heterocycles. The fourth-order valence-corrected chi connectivity index (χ4v) is 3.75. The quantitative estimate of drug-likeness (QED) is 0.577. The van der Waals surface area contributed by atoms with E-state index in [9.17, 15) is 4.79 Å². The second-order valence-corrected chi connectivity index (χ2v) is 7.83. The maximum absolute atomic E-state index is 12.5. The van der Waals surface area contributed by atoms with Crippen LogP contribution in [-0.2, 0) is 11.3 Å². The van der Waals surface area contributed by atoms with Crippen LogP contribution in [0.1, 0.15) is 29.2 Å². The number of aryl methyl sites for hydroxylation is 2. The summed E-state index contributed by atoms with van der Waals surface area (Å²) in [5.74, 6) is 0.845. The zero-order valence-electron chi connectivity index (χ0n) is 16.0. The van der Waals surface area contributed by atoms with Crippen LogP contribution in [0, 0.1) is 13.8 Å². The predicted octanol–water partition coefficient (Wildman–Crippen LogP) is 4.17. The number of amides is 1. The molecule has 3 rings (SSSR count). The van der Waals surface area contributed by atoms with E-state index < -0.39 is 0 Å². The second-order valence-electron chi connectivity index (χ2n) is 6.52. The molecule has 0 unspecified atom stereocenters. The van der Waals surface area contributed by atoms with Crippen molar-refractivity contribution in [1.29, 1.82) is 0 Å². The largest absolute Gasteiger partial charge is 0.497 e. The summed E-state index contributed by atoms with van der Waals surface area (Å²) in [5, 5.41) is 9.03. The van der Waals surface area contributed by atoms with Crippen molar-refractivity contribution in [2.45, 2.75) is 32.6 Å². The Morgan fingerprint density at radius 3 is 2.59 bits per heavy atom. The van der Waals surface area contributed by atoms with Gasteiger partial charge in [0.05, 0.1) is 25.1 Å². The minimum Gasteiger partial charge on any atom is -0.497 e. The van der Waals surface area contributed by atoms with E-state index in [0.717, 1.165) is 22.4 Å². The molecular formula is C21H23N3O2S. The van der Waals surface area contributed by atoms with Crippen molar-refractivity contribution >= 4 is 29.1 Å². The van der Waals surface area contributed by atoms with Gasteiger partial charge in [0.2, 0.25) is 5.91 Å². The Morgan fingerprint density at radius 2 is 1.93 bits per heavy atom. The van der Waals surface area contributed by atoms with Gasteiger partial charge < -0.3 is 4.74 Å². The van der Waals surface area contributed by atoms with E-state index in [1.165, 1.54) is 17.3 Å². The zero-order chi connectivity index (χ0) is 19.4. The Hall–Kier alpha value is -2.60. The van der Waals surface area contributed by atoms with Gasteiger partial charge in [0.25, 0.3) is 0 Å². The van der Waals surface area contributed by atoms with E-state index in [2.05, 4.69) is 23.2 Å². The predicted molar refractivity (Wildman–Crippen MR) is 112 cm³/mol. The average molecular weight is 382 g/mol. The summed E-state index contributed by atoms with van der Waals surface area (Å²) < 4.78 is 5.18. The molecule has 1 aliphatic heterocycles. The van der Waals surface area contributed by atoms with Gasteiger partial charge in [-0.1, -0.05) is 47.7 Å². The normalized spacial score (nSPS) is 18.7. The average Bonchev–Trinajstić information content (AvgIpc) is 2.92. The van der Waals surface area contributed by atoms with Crippen LogP contribution in [0.15, 0.2) is 52.7 Å². The molecule has 1 aliphatic rings. The molecule has 6 heteroatoms. The number of ether oxygens (including phenoxy) is 1. The molecule has 1 saturated heterocycles. The molecule has 0 radical (unpaired) electrons. The van der Waals surface area contributed by atoms with Crippen molar-refractivity contribution in [2.24, 2.45) is 10.2 Å². The number of rotatable bonds is 5. The van der Waals surface area contributed by atoms with Crippen LogP contribution in [-0.4, -0.2) is 34.5 Å². The third-order valence-electron chi connectivity index (χ3n) is 4.39. The van der Waals surface area contributed by atoms with Gasteiger partial charge in [-0.3, -0.25) is 9.69 Å². The number of benzene rings is 2. The summed E-state index contributed by atoms with van der Waals surface area (Å²) in [4.78, 5) is 14.2. The van der Waals surface area contributed by atoms with E-state index in [1.807, 2.05) is 50.2 Å². The zero-order valence-corrected chi connectivity index (χ0v) is 16.8. The molecule has 2 aromatic carbocycles. The van der Waals surface area contributed by atoms with E-state index in [4.69, 9.17) is 4.74 Å². The number of nitrogens with zero attached hydrogens (tertiary/aromatic N) is 3. The molecule has 0 N–H and O–H groups in total. The third kappa shape index (κ3) is 4.57. The maximum atomic E-state index is 12.5. The lowest BCUT2D eigenvalue weighted by Gasteiger charge is -2.15. The third-order valence-corrected chi connectivity index (χ3v) is 5.46. The summed E-state index contributed by atoms with van der Waals surface area (Å²) in [6.07, 6.45) is 1.74. The van der Waals surface area contributed by atoms with Gasteiger partial charge in [-0.15, -0.1) is 5.10 Å². The molecule has 1 fully saturated rings. The molecule has 1 atom stereocenters. The standard InChI is InChI=1S/C21H23N3O2S/c1-14-5-8-18(15(2)11-14)12-22-23-21-24(20(25)16(3)27-21)13-17-6-9-19(26-4)10-7-17/h5-12,16H,13H2,1-4H3/b22-12-,23-21-/t16-/m0/s1. The summed E-state index contributed by atoms with van der Waals surface area (Å²) in [5.41, 5.74) is 4.41. The summed E-state index contributed by atoms with van der Waals surface area (Å²) in [6.45, 7) is 6.48. The first-order valence-electron chi connectivity index (χ1n) is 8.77. The monoisotopic (exact) mass is 381 g/mol. The van der Waals surface area contributed by atoms with Crippen molar-refractivity contribution in [1.82, 2.24) is 4.90 Å². The number of carbonyl (C=O) groups excluding carboxylic acids is 1. The van der Waals surface area contributed by atoms with Crippen LogP contribution < -0.4 is 4.74 Å². The Bertz CT molecular complexity index is 891. The molecule has 0 aliphatic carbocycles. The summed E-state index contributed by atoms with van der Waals surface area (Å²) >= 11 is 1.44. The minimum atomic E-state index is -0.154. The second kappa shape index (κ2) is 8.39. The van der Waals surface area contributed by atoms with Crippen LogP contribution in [0.3, 0.4) is 0 Å². The summed E-state index contributed by atoms with van der Waals surface area (Å²) in [7, 11) is 1.63. The smallest absolute Gasteiger partial charge is 0.242 e. The first-order valence-corrected chi connectivity index (χ1v) is 9.65. The molecule has 0 bridgehead atoms. The first-order chi connectivity index (χ1) is 13.0. The van der Waals surface area contributed by atoms with Crippen molar-refractivity contribution in [3.05, 3.63) is 64.7 Å². The topological polar surface area (TPSA) is 54.3 Å². The number of carbonyl (C=O) groups is 1. The van der Waals surface area contributed by atoms with Gasteiger partial charge in [-0.05, 0) is 49.6 Å². The van der Waals surface area contributed by atoms with Crippen LogP contribution in [0.5, 0.6) is 5.75 Å². The number of thioether (sulfide) groups is 1. The molecule has 0 saturated carbocycles. The number of amidine groups is 1. The highest BCUT2D eigenvalue weighted by Crippen LogP contribution is 2.28. The number of hydrogen-bond donors (Lipinski definition) is 0. The lowest BCUT2D eigenvalue weighted by atomic mass is 10.1. The Balaban J connectivity index is 1.78. The summed E-state index contributed by atoms with van der Waals surface area (Å²) in [6, 6.07) is 13.9. The molecule has 2 aromatic rings. The Kier molecular flexibility index (Phi) is 5.96. The molecule has 1 amide bonds. The lowest BCUT2D eigenvalue weighted by Crippen LogP contribution is -2.30. The lowest BCUT2D eigenvalue weighted by molar-refractivity contribution is -0.126. The van der Waals surface area contributed by atoms with Gasteiger partial charge in [-0.2, -0.15) is 5.10 Å². The highest BCUT2D eigenvalue weighted by Gasteiger charge is 2.35. The fourth-order valence-electron chi connectivity index (χ4n) is 2.83. The van der Waals surface area contributed by atoms with Crippen LogP contribution in [0.25, 0.3) is 0 Å². The Labute approximate surface area is 164 Å². The minimum absolute atomic E-state index is 0.0521.